The summed E-state index contributed by atoms with van der Waals surface area (Å²) < 4.78 is 5.46. The van der Waals surface area contributed by atoms with Gasteiger partial charge in [-0.1, -0.05) is 0 Å². The number of hydrogen-bond donors (Lipinski definition) is 2. The highest BCUT2D eigenvalue weighted by Gasteiger charge is 2.25. The number of carbonyl (C=O) groups excluding carboxylic acids is 2. The molecule has 2 aromatic rings. The lowest BCUT2D eigenvalue weighted by molar-refractivity contribution is -0.384. The fraction of sp³-hybridized carbons (Fsp3) is 0.333. The molecule has 1 aromatic heterocycles. The lowest BCUT2D eigenvalue weighted by Crippen LogP contribution is -2.22. The van der Waals surface area contributed by atoms with Crippen LogP contribution in [0.3, 0.4) is 0 Å². The Bertz CT molecular complexity index is 922. The van der Waals surface area contributed by atoms with Crippen LogP contribution in [-0.4, -0.2) is 23.3 Å². The molecule has 0 bridgehead atoms. The Morgan fingerprint density at radius 1 is 1.33 bits per heavy atom. The number of hydrogen-bond acceptors (Lipinski definition) is 6. The van der Waals surface area contributed by atoms with E-state index in [2.05, 4.69) is 5.32 Å². The minimum Gasteiger partial charge on any atom is -0.483 e. The minimum atomic E-state index is -0.545. The van der Waals surface area contributed by atoms with Crippen molar-refractivity contribution in [3.63, 3.8) is 0 Å². The monoisotopic (exact) mass is 389 g/mol. The SMILES string of the molecule is Cc1cc([N+](=O)[O-])ccc1OCC(=O)Nc1sc2c(c1C(N)=O)CCCC2. The zero-order valence-corrected chi connectivity index (χ0v) is 15.6. The van der Waals surface area contributed by atoms with E-state index in [9.17, 15) is 19.7 Å². The molecule has 0 atom stereocenters. The predicted molar refractivity (Wildman–Crippen MR) is 101 cm³/mol. The lowest BCUT2D eigenvalue weighted by Gasteiger charge is -2.11. The van der Waals surface area contributed by atoms with Crippen molar-refractivity contribution in [1.82, 2.24) is 0 Å². The van der Waals surface area contributed by atoms with Crippen LogP contribution in [0.25, 0.3) is 0 Å². The first-order valence-electron chi connectivity index (χ1n) is 8.49. The van der Waals surface area contributed by atoms with Gasteiger partial charge in [0.15, 0.2) is 6.61 Å². The van der Waals surface area contributed by atoms with Crippen LogP contribution >= 0.6 is 11.3 Å². The van der Waals surface area contributed by atoms with E-state index in [1.807, 2.05) is 0 Å². The number of nitrogens with two attached hydrogens (primary N) is 1. The summed E-state index contributed by atoms with van der Waals surface area (Å²) in [5.74, 6) is -0.581. The van der Waals surface area contributed by atoms with E-state index in [1.165, 1.54) is 29.5 Å². The summed E-state index contributed by atoms with van der Waals surface area (Å²) in [5, 5.41) is 13.9. The Morgan fingerprint density at radius 3 is 2.74 bits per heavy atom. The second kappa shape index (κ2) is 7.75. The fourth-order valence-electron chi connectivity index (χ4n) is 3.13. The molecule has 0 unspecified atom stereocenters. The van der Waals surface area contributed by atoms with Crippen LogP contribution < -0.4 is 15.8 Å². The number of nitrogens with one attached hydrogen (secondary N) is 1. The van der Waals surface area contributed by atoms with Crippen molar-refractivity contribution in [2.45, 2.75) is 32.6 Å². The molecule has 0 fully saturated rings. The van der Waals surface area contributed by atoms with Gasteiger partial charge in [-0.05, 0) is 49.8 Å². The molecule has 1 aliphatic carbocycles. The first-order valence-corrected chi connectivity index (χ1v) is 9.30. The van der Waals surface area contributed by atoms with Gasteiger partial charge in [-0.15, -0.1) is 11.3 Å². The van der Waals surface area contributed by atoms with E-state index in [0.717, 1.165) is 36.1 Å². The number of aryl methyl sites for hydroxylation is 2. The molecule has 8 nitrogen and oxygen atoms in total. The molecule has 3 N–H and O–H groups in total. The summed E-state index contributed by atoms with van der Waals surface area (Å²) in [6.45, 7) is 1.39. The minimum absolute atomic E-state index is 0.0421. The number of non-ortho nitro benzene ring substituents is 1. The van der Waals surface area contributed by atoms with Gasteiger partial charge < -0.3 is 15.8 Å². The summed E-state index contributed by atoms with van der Waals surface area (Å²) >= 11 is 1.39. The van der Waals surface area contributed by atoms with Crippen LogP contribution in [0.2, 0.25) is 0 Å². The molecule has 1 aromatic carbocycles. The van der Waals surface area contributed by atoms with Crippen LogP contribution in [0.5, 0.6) is 5.75 Å². The topological polar surface area (TPSA) is 125 Å². The number of rotatable bonds is 6. The molecule has 0 saturated carbocycles. The molecule has 3 rings (SSSR count). The number of amides is 2. The van der Waals surface area contributed by atoms with E-state index in [1.54, 1.807) is 6.92 Å². The Kier molecular flexibility index (Phi) is 5.41. The van der Waals surface area contributed by atoms with Gasteiger partial charge in [-0.3, -0.25) is 19.7 Å². The Hall–Kier alpha value is -2.94. The average molecular weight is 389 g/mol. The molecule has 0 saturated heterocycles. The average Bonchev–Trinajstić information content (AvgIpc) is 2.98. The number of anilines is 1. The molecule has 0 spiro atoms. The van der Waals surface area contributed by atoms with Crippen LogP contribution in [-0.2, 0) is 17.6 Å². The summed E-state index contributed by atoms with van der Waals surface area (Å²) in [6.07, 6.45) is 3.73. The summed E-state index contributed by atoms with van der Waals surface area (Å²) in [4.78, 5) is 35.5. The van der Waals surface area contributed by atoms with Gasteiger partial charge in [-0.2, -0.15) is 0 Å². The van der Waals surface area contributed by atoms with Crippen LogP contribution in [0.15, 0.2) is 18.2 Å². The lowest BCUT2D eigenvalue weighted by atomic mass is 9.95. The van der Waals surface area contributed by atoms with Crippen molar-refractivity contribution in [3.8, 4) is 5.75 Å². The van der Waals surface area contributed by atoms with Crippen LogP contribution in [0.4, 0.5) is 10.7 Å². The fourth-order valence-corrected chi connectivity index (χ4v) is 4.44. The van der Waals surface area contributed by atoms with E-state index >= 15 is 0 Å². The Balaban J connectivity index is 1.69. The van der Waals surface area contributed by atoms with Crippen molar-refractivity contribution in [2.75, 3.05) is 11.9 Å². The van der Waals surface area contributed by atoms with Gasteiger partial charge in [0.05, 0.1) is 10.5 Å². The summed E-state index contributed by atoms with van der Waals surface area (Å²) in [7, 11) is 0. The molecule has 9 heteroatoms. The number of benzene rings is 1. The summed E-state index contributed by atoms with van der Waals surface area (Å²) in [5.41, 5.74) is 7.37. The van der Waals surface area contributed by atoms with Crippen molar-refractivity contribution >= 4 is 33.8 Å². The second-order valence-electron chi connectivity index (χ2n) is 6.32. The molecule has 1 aliphatic rings. The highest BCUT2D eigenvalue weighted by atomic mass is 32.1. The highest BCUT2D eigenvalue weighted by molar-refractivity contribution is 7.17. The number of nitro groups is 1. The third-order valence-corrected chi connectivity index (χ3v) is 5.61. The largest absolute Gasteiger partial charge is 0.483 e. The normalized spacial score (nSPS) is 12.9. The zero-order chi connectivity index (χ0) is 19.6. The first-order chi connectivity index (χ1) is 12.9. The quantitative estimate of drug-likeness (QED) is 0.580. The molecule has 27 heavy (non-hydrogen) atoms. The molecule has 1 heterocycles. The van der Waals surface area contributed by atoms with Crippen molar-refractivity contribution in [2.24, 2.45) is 5.73 Å². The maximum absolute atomic E-state index is 12.3. The van der Waals surface area contributed by atoms with Gasteiger partial charge in [0, 0.05) is 17.0 Å². The van der Waals surface area contributed by atoms with Gasteiger partial charge >= 0.3 is 0 Å². The standard InChI is InChI=1S/C18H19N3O5S/c1-10-8-11(21(24)25)6-7-13(10)26-9-15(22)20-18-16(17(19)23)12-4-2-3-5-14(12)27-18/h6-8H,2-5,9H2,1H3,(H2,19,23)(H,20,22). The van der Waals surface area contributed by atoms with Gasteiger partial charge in [0.2, 0.25) is 0 Å². The number of primary amides is 1. The first kappa shape index (κ1) is 18.8. The van der Waals surface area contributed by atoms with Gasteiger partial charge in [0.1, 0.15) is 10.8 Å². The van der Waals surface area contributed by atoms with E-state index in [-0.39, 0.29) is 12.3 Å². The van der Waals surface area contributed by atoms with Crippen molar-refractivity contribution < 1.29 is 19.2 Å². The van der Waals surface area contributed by atoms with Crippen LogP contribution in [0.1, 0.15) is 39.2 Å². The van der Waals surface area contributed by atoms with E-state index in [0.29, 0.717) is 21.9 Å². The zero-order valence-electron chi connectivity index (χ0n) is 14.7. The second-order valence-corrected chi connectivity index (χ2v) is 7.43. The highest BCUT2D eigenvalue weighted by Crippen LogP contribution is 2.37. The third kappa shape index (κ3) is 4.08. The predicted octanol–water partition coefficient (Wildman–Crippen LogP) is 2.96. The molecular weight excluding hydrogens is 370 g/mol. The molecule has 0 radical (unpaired) electrons. The van der Waals surface area contributed by atoms with Crippen molar-refractivity contribution in [1.29, 1.82) is 0 Å². The number of carbonyl (C=O) groups is 2. The smallest absolute Gasteiger partial charge is 0.269 e. The van der Waals surface area contributed by atoms with Gasteiger partial charge in [0.25, 0.3) is 17.5 Å². The summed E-state index contributed by atoms with van der Waals surface area (Å²) in [6, 6.07) is 4.16. The molecular formula is C18H19N3O5S. The number of nitro benzene ring substituents is 1. The number of nitrogens with zero attached hydrogens (tertiary/aromatic N) is 1. The van der Waals surface area contributed by atoms with Crippen LogP contribution in [0, 0.1) is 17.0 Å². The molecule has 0 aliphatic heterocycles. The molecule has 142 valence electrons. The van der Waals surface area contributed by atoms with Crippen molar-refractivity contribution in [3.05, 3.63) is 49.9 Å². The van der Waals surface area contributed by atoms with E-state index < -0.39 is 16.7 Å². The third-order valence-electron chi connectivity index (χ3n) is 4.40. The Morgan fingerprint density at radius 2 is 2.07 bits per heavy atom. The van der Waals surface area contributed by atoms with Gasteiger partial charge in [-0.25, -0.2) is 0 Å². The Labute approximate surface area is 159 Å². The number of ether oxygens (including phenoxy) is 1. The maximum Gasteiger partial charge on any atom is 0.269 e. The number of thiophene rings is 1. The number of fused-ring (bicyclic) bond motifs is 1. The molecule has 2 amide bonds. The van der Waals surface area contributed by atoms with E-state index in [4.69, 9.17) is 10.5 Å². The maximum atomic E-state index is 12.3.